The Morgan fingerprint density at radius 3 is 2.84 bits per heavy atom. The van der Waals surface area contributed by atoms with Crippen LogP contribution in [-0.4, -0.2) is 20.8 Å². The van der Waals surface area contributed by atoms with Gasteiger partial charge in [-0.2, -0.15) is 0 Å². The standard InChI is InChI=1S/C12H15ClN4OS/c1-7(14)5-8-3-4-9(6-10(8)13)19-12-16-15-11(18)17(12)2/h3-4,6-7H,5,14H2,1-2H3,(H,15,18). The predicted molar refractivity (Wildman–Crippen MR) is 76.8 cm³/mol. The van der Waals surface area contributed by atoms with Crippen LogP contribution in [0.3, 0.4) is 0 Å². The zero-order valence-corrected chi connectivity index (χ0v) is 12.3. The lowest BCUT2D eigenvalue weighted by molar-refractivity contribution is 0.737. The second-order valence-corrected chi connectivity index (χ2v) is 5.85. The van der Waals surface area contributed by atoms with E-state index in [2.05, 4.69) is 10.2 Å². The van der Waals surface area contributed by atoms with Crippen molar-refractivity contribution in [2.45, 2.75) is 29.4 Å². The third kappa shape index (κ3) is 3.40. The topological polar surface area (TPSA) is 76.7 Å². The molecular weight excluding hydrogens is 284 g/mol. The first-order valence-corrected chi connectivity index (χ1v) is 7.00. The number of benzene rings is 1. The van der Waals surface area contributed by atoms with Crippen molar-refractivity contribution in [3.8, 4) is 0 Å². The molecule has 7 heteroatoms. The second-order valence-electron chi connectivity index (χ2n) is 4.41. The monoisotopic (exact) mass is 298 g/mol. The number of nitrogens with two attached hydrogens (primary N) is 1. The van der Waals surface area contributed by atoms with Crippen LogP contribution in [0.25, 0.3) is 0 Å². The predicted octanol–water partition coefficient (Wildman–Crippen LogP) is 1.80. The Morgan fingerprint density at radius 1 is 1.58 bits per heavy atom. The summed E-state index contributed by atoms with van der Waals surface area (Å²) >= 11 is 7.60. The van der Waals surface area contributed by atoms with Crippen LogP contribution in [-0.2, 0) is 13.5 Å². The highest BCUT2D eigenvalue weighted by Crippen LogP contribution is 2.29. The number of hydrogen-bond acceptors (Lipinski definition) is 4. The van der Waals surface area contributed by atoms with E-state index in [9.17, 15) is 4.79 Å². The van der Waals surface area contributed by atoms with Crippen LogP contribution in [0.1, 0.15) is 12.5 Å². The highest BCUT2D eigenvalue weighted by Gasteiger charge is 2.09. The largest absolute Gasteiger partial charge is 0.343 e. The summed E-state index contributed by atoms with van der Waals surface area (Å²) in [6, 6.07) is 5.85. The number of nitrogens with zero attached hydrogens (tertiary/aromatic N) is 2. The van der Waals surface area contributed by atoms with E-state index < -0.39 is 0 Å². The van der Waals surface area contributed by atoms with E-state index in [1.165, 1.54) is 16.3 Å². The molecule has 3 N–H and O–H groups in total. The van der Waals surface area contributed by atoms with Gasteiger partial charge in [0.2, 0.25) is 0 Å². The molecule has 0 fully saturated rings. The van der Waals surface area contributed by atoms with E-state index in [1.807, 2.05) is 25.1 Å². The zero-order chi connectivity index (χ0) is 14.0. The first kappa shape index (κ1) is 14.2. The van der Waals surface area contributed by atoms with E-state index in [0.717, 1.165) is 16.9 Å². The van der Waals surface area contributed by atoms with Crippen LogP contribution in [0.2, 0.25) is 5.02 Å². The summed E-state index contributed by atoms with van der Waals surface area (Å²) in [6.07, 6.45) is 0.741. The molecule has 2 rings (SSSR count). The van der Waals surface area contributed by atoms with Crippen LogP contribution in [0, 0.1) is 0 Å². The van der Waals surface area contributed by atoms with Gasteiger partial charge in [-0.1, -0.05) is 17.7 Å². The smallest absolute Gasteiger partial charge is 0.328 e. The van der Waals surface area contributed by atoms with Gasteiger partial charge in [-0.25, -0.2) is 9.89 Å². The van der Waals surface area contributed by atoms with Crippen LogP contribution >= 0.6 is 23.4 Å². The molecule has 1 unspecified atom stereocenters. The SMILES string of the molecule is CC(N)Cc1ccc(Sc2n[nH]c(=O)n2C)cc1Cl. The molecular formula is C12H15ClN4OS. The molecule has 5 nitrogen and oxygen atoms in total. The van der Waals surface area contributed by atoms with Crippen LogP contribution < -0.4 is 11.4 Å². The molecule has 0 saturated heterocycles. The normalized spacial score (nSPS) is 12.6. The average Bonchev–Trinajstić information content (AvgIpc) is 2.64. The molecule has 19 heavy (non-hydrogen) atoms. The molecule has 0 radical (unpaired) electrons. The lowest BCUT2D eigenvalue weighted by Gasteiger charge is -2.08. The van der Waals surface area contributed by atoms with E-state index in [0.29, 0.717) is 10.2 Å². The second kappa shape index (κ2) is 5.81. The number of rotatable bonds is 4. The van der Waals surface area contributed by atoms with Crippen molar-refractivity contribution < 1.29 is 0 Å². The fourth-order valence-corrected chi connectivity index (χ4v) is 2.79. The minimum Gasteiger partial charge on any atom is -0.328 e. The first-order valence-electron chi connectivity index (χ1n) is 5.80. The summed E-state index contributed by atoms with van der Waals surface area (Å²) < 4.78 is 1.45. The molecule has 0 aliphatic carbocycles. The quantitative estimate of drug-likeness (QED) is 0.902. The van der Waals surface area contributed by atoms with Gasteiger partial charge in [-0.3, -0.25) is 4.57 Å². The summed E-state index contributed by atoms with van der Waals surface area (Å²) in [5, 5.41) is 7.61. The Labute approximate surface area is 120 Å². The highest BCUT2D eigenvalue weighted by molar-refractivity contribution is 7.99. The minimum atomic E-state index is -0.234. The lowest BCUT2D eigenvalue weighted by atomic mass is 10.1. The molecule has 0 aliphatic rings. The molecule has 1 atom stereocenters. The van der Waals surface area contributed by atoms with E-state index in [4.69, 9.17) is 17.3 Å². The van der Waals surface area contributed by atoms with Gasteiger partial charge in [0.15, 0.2) is 5.16 Å². The van der Waals surface area contributed by atoms with E-state index in [-0.39, 0.29) is 11.7 Å². The summed E-state index contributed by atoms with van der Waals surface area (Å²) in [5.41, 5.74) is 6.55. The summed E-state index contributed by atoms with van der Waals surface area (Å²) in [4.78, 5) is 12.2. The number of aromatic nitrogens is 3. The molecule has 0 bridgehead atoms. The molecule has 2 aromatic rings. The zero-order valence-electron chi connectivity index (χ0n) is 10.7. The third-order valence-corrected chi connectivity index (χ3v) is 4.00. The Bertz CT molecular complexity index is 635. The Morgan fingerprint density at radius 2 is 2.32 bits per heavy atom. The molecule has 1 aromatic heterocycles. The molecule has 0 aliphatic heterocycles. The van der Waals surface area contributed by atoms with Gasteiger partial charge in [0, 0.05) is 23.0 Å². The fourth-order valence-electron chi connectivity index (χ4n) is 1.63. The summed E-state index contributed by atoms with van der Waals surface area (Å²) in [6.45, 7) is 1.94. The van der Waals surface area contributed by atoms with Crippen LogP contribution in [0.4, 0.5) is 0 Å². The Hall–Kier alpha value is -1.24. The van der Waals surface area contributed by atoms with Crippen molar-refractivity contribution in [2.24, 2.45) is 12.8 Å². The molecule has 1 heterocycles. The van der Waals surface area contributed by atoms with E-state index >= 15 is 0 Å². The number of hydrogen-bond donors (Lipinski definition) is 2. The highest BCUT2D eigenvalue weighted by atomic mass is 35.5. The van der Waals surface area contributed by atoms with Crippen molar-refractivity contribution in [3.05, 3.63) is 39.3 Å². The van der Waals surface area contributed by atoms with Crippen molar-refractivity contribution in [1.29, 1.82) is 0 Å². The van der Waals surface area contributed by atoms with Crippen molar-refractivity contribution in [1.82, 2.24) is 14.8 Å². The van der Waals surface area contributed by atoms with Gasteiger partial charge in [0.25, 0.3) is 0 Å². The number of nitrogens with one attached hydrogen (secondary N) is 1. The van der Waals surface area contributed by atoms with Gasteiger partial charge in [-0.05, 0) is 42.8 Å². The van der Waals surface area contributed by atoms with Crippen molar-refractivity contribution in [3.63, 3.8) is 0 Å². The molecule has 102 valence electrons. The Balaban J connectivity index is 2.21. The maximum atomic E-state index is 11.3. The van der Waals surface area contributed by atoms with Gasteiger partial charge < -0.3 is 5.73 Å². The number of halogens is 1. The van der Waals surface area contributed by atoms with E-state index in [1.54, 1.807) is 7.05 Å². The first-order chi connectivity index (χ1) is 8.97. The van der Waals surface area contributed by atoms with Crippen molar-refractivity contribution in [2.75, 3.05) is 0 Å². The molecule has 1 aromatic carbocycles. The lowest BCUT2D eigenvalue weighted by Crippen LogP contribution is -2.17. The summed E-state index contributed by atoms with van der Waals surface area (Å²) in [5.74, 6) is 0. The van der Waals surface area contributed by atoms with Gasteiger partial charge in [0.1, 0.15) is 0 Å². The molecule has 0 saturated carbocycles. The average molecular weight is 299 g/mol. The minimum absolute atomic E-state index is 0.0724. The summed E-state index contributed by atoms with van der Waals surface area (Å²) in [7, 11) is 1.67. The molecule has 0 spiro atoms. The van der Waals surface area contributed by atoms with Gasteiger partial charge in [-0.15, -0.1) is 5.10 Å². The third-order valence-electron chi connectivity index (χ3n) is 2.61. The van der Waals surface area contributed by atoms with Crippen LogP contribution in [0.15, 0.2) is 33.0 Å². The van der Waals surface area contributed by atoms with Crippen LogP contribution in [0.5, 0.6) is 0 Å². The maximum absolute atomic E-state index is 11.3. The fraction of sp³-hybridized carbons (Fsp3) is 0.333. The van der Waals surface area contributed by atoms with Gasteiger partial charge in [0.05, 0.1) is 0 Å². The van der Waals surface area contributed by atoms with Gasteiger partial charge >= 0.3 is 5.69 Å². The Kier molecular flexibility index (Phi) is 4.34. The maximum Gasteiger partial charge on any atom is 0.343 e. The van der Waals surface area contributed by atoms with Crippen molar-refractivity contribution >= 4 is 23.4 Å². The number of H-pyrrole nitrogens is 1. The molecule has 0 amide bonds. The number of aromatic amines is 1.